The van der Waals surface area contributed by atoms with Crippen LogP contribution in [0.3, 0.4) is 0 Å². The standard InChI is InChI=1S/C25H29N5O.2H2/c1-5-19(23(26-6-2)15-30(3)4)18-12-21-22(14-29-24(21)28-13-18)16-7-8-20-17(11-16)9-10-27-25(20)31;;/h5,7-8,11-14,26H,1,6,9-10,15H2,2-4H3,(H,27,31)(H,28,29);2*1H/b23-19+;;. The normalized spacial score (nSPS) is 14.3. The van der Waals surface area contributed by atoms with Gasteiger partial charge in [0.1, 0.15) is 5.65 Å². The summed E-state index contributed by atoms with van der Waals surface area (Å²) in [5.74, 6) is 0.00767. The minimum absolute atomic E-state index is 0. The van der Waals surface area contributed by atoms with Crippen molar-refractivity contribution in [3.05, 3.63) is 71.7 Å². The van der Waals surface area contributed by atoms with Crippen molar-refractivity contribution in [1.29, 1.82) is 0 Å². The van der Waals surface area contributed by atoms with Crippen molar-refractivity contribution in [3.63, 3.8) is 0 Å². The molecule has 164 valence electrons. The number of hydrogen-bond donors (Lipinski definition) is 3. The van der Waals surface area contributed by atoms with Crippen molar-refractivity contribution in [2.24, 2.45) is 0 Å². The fourth-order valence-corrected chi connectivity index (χ4v) is 4.17. The summed E-state index contributed by atoms with van der Waals surface area (Å²) < 4.78 is 0. The summed E-state index contributed by atoms with van der Waals surface area (Å²) in [6, 6.07) is 8.23. The number of hydrogen-bond acceptors (Lipinski definition) is 4. The highest BCUT2D eigenvalue weighted by molar-refractivity contribution is 5.99. The minimum atomic E-state index is 0. The number of carbonyl (C=O) groups excluding carboxylic acids is 1. The van der Waals surface area contributed by atoms with E-state index in [1.54, 1.807) is 0 Å². The van der Waals surface area contributed by atoms with Gasteiger partial charge in [-0.05, 0) is 50.7 Å². The average molecular weight is 420 g/mol. The third-order valence-electron chi connectivity index (χ3n) is 5.58. The molecule has 2 aromatic heterocycles. The van der Waals surface area contributed by atoms with Gasteiger partial charge < -0.3 is 20.5 Å². The lowest BCUT2D eigenvalue weighted by Crippen LogP contribution is -2.31. The van der Waals surface area contributed by atoms with E-state index in [0.29, 0.717) is 6.54 Å². The zero-order chi connectivity index (χ0) is 22.0. The largest absolute Gasteiger partial charge is 0.387 e. The number of benzene rings is 1. The zero-order valence-corrected chi connectivity index (χ0v) is 18.4. The van der Waals surface area contributed by atoms with Crippen LogP contribution >= 0.6 is 0 Å². The van der Waals surface area contributed by atoms with E-state index in [1.165, 1.54) is 0 Å². The quantitative estimate of drug-likeness (QED) is 0.505. The molecule has 3 aromatic rings. The number of allylic oxidation sites excluding steroid dienone is 2. The van der Waals surface area contributed by atoms with Crippen LogP contribution in [0.5, 0.6) is 0 Å². The molecule has 0 atom stereocenters. The maximum Gasteiger partial charge on any atom is 0.251 e. The van der Waals surface area contributed by atoms with Crippen molar-refractivity contribution < 1.29 is 7.65 Å². The summed E-state index contributed by atoms with van der Waals surface area (Å²) in [5.41, 5.74) is 8.08. The number of likely N-dealkylation sites (N-methyl/N-ethyl adjacent to an activating group) is 2. The number of rotatable bonds is 7. The van der Waals surface area contributed by atoms with Crippen molar-refractivity contribution in [1.82, 2.24) is 25.5 Å². The number of nitrogens with zero attached hydrogens (tertiary/aromatic N) is 2. The molecular weight excluding hydrogens is 386 g/mol. The predicted octanol–water partition coefficient (Wildman–Crippen LogP) is 4.08. The number of nitrogens with one attached hydrogen (secondary N) is 3. The molecule has 31 heavy (non-hydrogen) atoms. The highest BCUT2D eigenvalue weighted by Gasteiger charge is 2.18. The topological polar surface area (TPSA) is 73.1 Å². The Morgan fingerprint density at radius 1 is 1.32 bits per heavy atom. The molecule has 0 aliphatic carbocycles. The first-order chi connectivity index (χ1) is 15.0. The van der Waals surface area contributed by atoms with Crippen LogP contribution in [0, 0.1) is 0 Å². The number of pyridine rings is 1. The minimum Gasteiger partial charge on any atom is -0.387 e. The van der Waals surface area contributed by atoms with Crippen LogP contribution in [0.4, 0.5) is 0 Å². The molecule has 0 bridgehead atoms. The SMILES string of the molecule is C=C/C(=C(/CN(C)C)NCC)c1cnc2[nH]cc(-c3ccc4c(c3)CCNC4=O)c2c1.[HH].[HH]. The van der Waals surface area contributed by atoms with Gasteiger partial charge in [-0.3, -0.25) is 4.79 Å². The Morgan fingerprint density at radius 3 is 2.90 bits per heavy atom. The molecule has 3 heterocycles. The number of amides is 1. The van der Waals surface area contributed by atoms with Gasteiger partial charge in [0, 0.05) is 68.2 Å². The third kappa shape index (κ3) is 4.11. The van der Waals surface area contributed by atoms with E-state index < -0.39 is 0 Å². The lowest BCUT2D eigenvalue weighted by molar-refractivity contribution is 0.0946. The number of fused-ring (bicyclic) bond motifs is 2. The van der Waals surface area contributed by atoms with Gasteiger partial charge in [0.15, 0.2) is 0 Å². The van der Waals surface area contributed by atoms with Crippen LogP contribution in [0.15, 0.2) is 55.0 Å². The van der Waals surface area contributed by atoms with Crippen LogP contribution in [-0.4, -0.2) is 54.5 Å². The van der Waals surface area contributed by atoms with E-state index in [2.05, 4.69) is 65.2 Å². The molecule has 0 saturated heterocycles. The van der Waals surface area contributed by atoms with Crippen molar-refractivity contribution >= 4 is 22.5 Å². The lowest BCUT2D eigenvalue weighted by atomic mass is 9.94. The predicted molar refractivity (Wildman–Crippen MR) is 131 cm³/mol. The Morgan fingerprint density at radius 2 is 2.16 bits per heavy atom. The average Bonchev–Trinajstić information content (AvgIpc) is 3.17. The van der Waals surface area contributed by atoms with Gasteiger partial charge in [0.2, 0.25) is 0 Å². The number of H-pyrrole nitrogens is 1. The summed E-state index contributed by atoms with van der Waals surface area (Å²) in [4.78, 5) is 22.2. The smallest absolute Gasteiger partial charge is 0.251 e. The summed E-state index contributed by atoms with van der Waals surface area (Å²) >= 11 is 0. The molecule has 6 heteroatoms. The Kier molecular flexibility index (Phi) is 5.91. The first-order valence-electron chi connectivity index (χ1n) is 10.6. The van der Waals surface area contributed by atoms with Gasteiger partial charge in [0.25, 0.3) is 5.91 Å². The summed E-state index contributed by atoms with van der Waals surface area (Å²) in [7, 11) is 4.11. The summed E-state index contributed by atoms with van der Waals surface area (Å²) in [6.07, 6.45) is 6.63. The van der Waals surface area contributed by atoms with Gasteiger partial charge in [0.05, 0.1) is 0 Å². The molecule has 0 fully saturated rings. The highest BCUT2D eigenvalue weighted by atomic mass is 16.1. The fourth-order valence-electron chi connectivity index (χ4n) is 4.17. The third-order valence-corrected chi connectivity index (χ3v) is 5.58. The molecule has 0 unspecified atom stereocenters. The Balaban J connectivity index is 0.00000193. The van der Waals surface area contributed by atoms with E-state index in [4.69, 9.17) is 0 Å². The van der Waals surface area contributed by atoms with E-state index in [9.17, 15) is 4.79 Å². The summed E-state index contributed by atoms with van der Waals surface area (Å²) in [6.45, 7) is 8.47. The number of carbonyl (C=O) groups is 1. The van der Waals surface area contributed by atoms with Gasteiger partial charge in [-0.15, -0.1) is 0 Å². The van der Waals surface area contributed by atoms with Crippen LogP contribution in [0.2, 0.25) is 0 Å². The molecule has 3 N–H and O–H groups in total. The molecule has 0 spiro atoms. The Hall–Kier alpha value is -3.38. The maximum atomic E-state index is 12.1. The summed E-state index contributed by atoms with van der Waals surface area (Å²) in [5, 5.41) is 7.44. The number of aromatic nitrogens is 2. The Bertz CT molecular complexity index is 1180. The van der Waals surface area contributed by atoms with E-state index in [0.717, 1.165) is 69.6 Å². The number of aromatic amines is 1. The second-order valence-electron chi connectivity index (χ2n) is 8.06. The van der Waals surface area contributed by atoms with Crippen LogP contribution in [0.1, 0.15) is 31.3 Å². The first kappa shape index (κ1) is 20.9. The van der Waals surface area contributed by atoms with Crippen LogP contribution in [-0.2, 0) is 6.42 Å². The van der Waals surface area contributed by atoms with E-state index in [-0.39, 0.29) is 8.76 Å². The molecule has 4 rings (SSSR count). The van der Waals surface area contributed by atoms with Crippen molar-refractivity contribution in [2.45, 2.75) is 13.3 Å². The molecule has 1 aliphatic heterocycles. The first-order valence-corrected chi connectivity index (χ1v) is 10.6. The molecule has 6 nitrogen and oxygen atoms in total. The maximum absolute atomic E-state index is 12.1. The van der Waals surface area contributed by atoms with Crippen LogP contribution in [0.25, 0.3) is 27.7 Å². The van der Waals surface area contributed by atoms with Crippen LogP contribution < -0.4 is 10.6 Å². The molecule has 1 aliphatic rings. The second-order valence-corrected chi connectivity index (χ2v) is 8.06. The monoisotopic (exact) mass is 419 g/mol. The van der Waals surface area contributed by atoms with Crippen molar-refractivity contribution in [3.8, 4) is 11.1 Å². The Labute approximate surface area is 186 Å². The molecule has 1 amide bonds. The van der Waals surface area contributed by atoms with Gasteiger partial charge in [-0.2, -0.15) is 0 Å². The highest BCUT2D eigenvalue weighted by Crippen LogP contribution is 2.32. The van der Waals surface area contributed by atoms with E-state index >= 15 is 0 Å². The van der Waals surface area contributed by atoms with Gasteiger partial charge in [-0.25, -0.2) is 4.98 Å². The van der Waals surface area contributed by atoms with Crippen molar-refractivity contribution in [2.75, 3.05) is 33.7 Å². The van der Waals surface area contributed by atoms with Gasteiger partial charge in [-0.1, -0.05) is 24.8 Å². The molecule has 0 saturated carbocycles. The lowest BCUT2D eigenvalue weighted by Gasteiger charge is -2.18. The molecule has 1 aromatic carbocycles. The molecular formula is C25H33N5O. The second kappa shape index (κ2) is 8.78. The molecule has 0 radical (unpaired) electrons. The fraction of sp³-hybridized carbons (Fsp3) is 0.280. The zero-order valence-electron chi connectivity index (χ0n) is 18.4. The van der Waals surface area contributed by atoms with Gasteiger partial charge >= 0.3 is 0 Å². The van der Waals surface area contributed by atoms with E-state index in [1.807, 2.05) is 30.6 Å².